The number of methoxy groups -OCH3 is 1. The van der Waals surface area contributed by atoms with E-state index in [-0.39, 0.29) is 5.91 Å². The van der Waals surface area contributed by atoms with Gasteiger partial charge in [-0.3, -0.25) is 4.79 Å². The van der Waals surface area contributed by atoms with E-state index in [1.807, 2.05) is 24.3 Å². The molecule has 0 saturated carbocycles. The predicted octanol–water partition coefficient (Wildman–Crippen LogP) is 3.15. The van der Waals surface area contributed by atoms with Gasteiger partial charge in [0.2, 0.25) is 0 Å². The van der Waals surface area contributed by atoms with Crippen molar-refractivity contribution in [3.63, 3.8) is 0 Å². The molecule has 1 aromatic carbocycles. The summed E-state index contributed by atoms with van der Waals surface area (Å²) in [6, 6.07) is 11.7. The fraction of sp³-hybridized carbons (Fsp3) is 0.333. The Labute approximate surface area is 137 Å². The third kappa shape index (κ3) is 5.07. The van der Waals surface area contributed by atoms with E-state index in [0.29, 0.717) is 18.8 Å². The molecule has 0 bridgehead atoms. The van der Waals surface area contributed by atoms with Crippen molar-refractivity contribution in [2.24, 2.45) is 0 Å². The van der Waals surface area contributed by atoms with Gasteiger partial charge in [0.1, 0.15) is 5.69 Å². The van der Waals surface area contributed by atoms with E-state index in [9.17, 15) is 4.79 Å². The van der Waals surface area contributed by atoms with Gasteiger partial charge >= 0.3 is 0 Å². The first-order valence-electron chi connectivity index (χ1n) is 7.82. The number of nitrogens with one attached hydrogen (secondary N) is 2. The summed E-state index contributed by atoms with van der Waals surface area (Å²) in [6.07, 6.45) is 3.42. The van der Waals surface area contributed by atoms with E-state index < -0.39 is 0 Å². The molecule has 2 N–H and O–H groups in total. The highest BCUT2D eigenvalue weighted by Gasteiger charge is 2.07. The van der Waals surface area contributed by atoms with Crippen molar-refractivity contribution in [2.75, 3.05) is 25.6 Å². The van der Waals surface area contributed by atoms with Crippen LogP contribution in [0, 0.1) is 0 Å². The quantitative estimate of drug-likeness (QED) is 0.735. The van der Waals surface area contributed by atoms with E-state index >= 15 is 0 Å². The molecule has 122 valence electrons. The molecule has 2 aromatic rings. The largest absolute Gasteiger partial charge is 0.385 e. The van der Waals surface area contributed by atoms with Crippen LogP contribution in [0.5, 0.6) is 0 Å². The molecule has 0 aliphatic heterocycles. The van der Waals surface area contributed by atoms with E-state index in [1.54, 1.807) is 19.4 Å². The maximum atomic E-state index is 11.9. The van der Waals surface area contributed by atoms with Crippen molar-refractivity contribution in [2.45, 2.75) is 19.8 Å². The van der Waals surface area contributed by atoms with Crippen LogP contribution in [0.1, 0.15) is 29.4 Å². The minimum absolute atomic E-state index is 0.165. The molecule has 23 heavy (non-hydrogen) atoms. The molecule has 0 aliphatic rings. The zero-order chi connectivity index (χ0) is 16.5. The van der Waals surface area contributed by atoms with Crippen molar-refractivity contribution in [3.8, 4) is 0 Å². The number of benzene rings is 1. The highest BCUT2D eigenvalue weighted by Crippen LogP contribution is 2.20. The standard InChI is InChI=1S/C18H23N3O2/c1-3-14-7-4-5-8-16(14)21-15-9-10-17(20-13-15)18(22)19-11-6-12-23-2/h4-5,7-10,13,21H,3,6,11-12H2,1-2H3,(H,19,22). The number of nitrogens with zero attached hydrogens (tertiary/aromatic N) is 1. The number of para-hydroxylation sites is 1. The number of pyridine rings is 1. The fourth-order valence-corrected chi connectivity index (χ4v) is 2.22. The second kappa shape index (κ2) is 8.90. The van der Waals surface area contributed by atoms with Crippen LogP contribution < -0.4 is 10.6 Å². The average Bonchev–Trinajstić information content (AvgIpc) is 2.59. The first-order chi connectivity index (χ1) is 11.2. The SMILES string of the molecule is CCc1ccccc1Nc1ccc(C(=O)NCCCOC)nc1. The van der Waals surface area contributed by atoms with Gasteiger partial charge in [-0.1, -0.05) is 25.1 Å². The van der Waals surface area contributed by atoms with Crippen LogP contribution in [0.3, 0.4) is 0 Å². The number of aromatic nitrogens is 1. The molecule has 0 atom stereocenters. The first-order valence-corrected chi connectivity index (χ1v) is 7.82. The Morgan fingerprint density at radius 3 is 2.74 bits per heavy atom. The molecule has 5 nitrogen and oxygen atoms in total. The number of anilines is 2. The lowest BCUT2D eigenvalue weighted by molar-refractivity contribution is 0.0943. The van der Waals surface area contributed by atoms with Gasteiger partial charge in [-0.2, -0.15) is 0 Å². The smallest absolute Gasteiger partial charge is 0.269 e. The summed E-state index contributed by atoms with van der Waals surface area (Å²) >= 11 is 0. The Kier molecular flexibility index (Phi) is 6.56. The minimum Gasteiger partial charge on any atom is -0.385 e. The van der Waals surface area contributed by atoms with Gasteiger partial charge in [0, 0.05) is 25.9 Å². The van der Waals surface area contributed by atoms with E-state index in [4.69, 9.17) is 4.74 Å². The lowest BCUT2D eigenvalue weighted by atomic mass is 10.1. The summed E-state index contributed by atoms with van der Waals surface area (Å²) in [6.45, 7) is 3.33. The number of aryl methyl sites for hydroxylation is 1. The number of carbonyl (C=O) groups excluding carboxylic acids is 1. The molecule has 0 saturated heterocycles. The predicted molar refractivity (Wildman–Crippen MR) is 92.2 cm³/mol. The number of ether oxygens (including phenoxy) is 1. The summed E-state index contributed by atoms with van der Waals surface area (Å²) in [5.74, 6) is -0.165. The van der Waals surface area contributed by atoms with Crippen molar-refractivity contribution >= 4 is 17.3 Å². The molecule has 1 aromatic heterocycles. The van der Waals surface area contributed by atoms with Crippen LogP contribution >= 0.6 is 0 Å². The first kappa shape index (κ1) is 17.0. The van der Waals surface area contributed by atoms with Crippen LogP contribution in [-0.4, -0.2) is 31.2 Å². The Bertz CT molecular complexity index is 626. The van der Waals surface area contributed by atoms with Gasteiger partial charge < -0.3 is 15.4 Å². The average molecular weight is 313 g/mol. The summed E-state index contributed by atoms with van der Waals surface area (Å²) in [7, 11) is 1.64. The zero-order valence-electron chi connectivity index (χ0n) is 13.6. The van der Waals surface area contributed by atoms with E-state index in [2.05, 4.69) is 28.6 Å². The number of amides is 1. The van der Waals surface area contributed by atoms with E-state index in [1.165, 1.54) is 5.56 Å². The van der Waals surface area contributed by atoms with Gasteiger partial charge in [0.15, 0.2) is 0 Å². The minimum atomic E-state index is -0.165. The Morgan fingerprint density at radius 2 is 2.04 bits per heavy atom. The van der Waals surface area contributed by atoms with E-state index in [0.717, 1.165) is 24.2 Å². The lowest BCUT2D eigenvalue weighted by Gasteiger charge is -2.11. The third-order valence-electron chi connectivity index (χ3n) is 3.48. The highest BCUT2D eigenvalue weighted by atomic mass is 16.5. The zero-order valence-corrected chi connectivity index (χ0v) is 13.6. The normalized spacial score (nSPS) is 10.3. The Hall–Kier alpha value is -2.40. The van der Waals surface area contributed by atoms with Crippen LogP contribution in [0.25, 0.3) is 0 Å². The molecular formula is C18H23N3O2. The second-order valence-electron chi connectivity index (χ2n) is 5.17. The van der Waals surface area contributed by atoms with Gasteiger partial charge in [0.25, 0.3) is 5.91 Å². The number of carbonyl (C=O) groups is 1. The molecule has 1 amide bonds. The van der Waals surface area contributed by atoms with Crippen molar-refractivity contribution in [1.82, 2.24) is 10.3 Å². The maximum Gasteiger partial charge on any atom is 0.269 e. The summed E-state index contributed by atoms with van der Waals surface area (Å²) in [5.41, 5.74) is 3.58. The van der Waals surface area contributed by atoms with Crippen molar-refractivity contribution in [3.05, 3.63) is 53.9 Å². The molecule has 2 rings (SSSR count). The Morgan fingerprint density at radius 1 is 1.22 bits per heavy atom. The van der Waals surface area contributed by atoms with Crippen molar-refractivity contribution in [1.29, 1.82) is 0 Å². The molecular weight excluding hydrogens is 290 g/mol. The van der Waals surface area contributed by atoms with Gasteiger partial charge in [0.05, 0.1) is 11.9 Å². The van der Waals surface area contributed by atoms with Crippen LogP contribution in [0.15, 0.2) is 42.6 Å². The molecule has 0 fully saturated rings. The van der Waals surface area contributed by atoms with Crippen LogP contribution in [0.2, 0.25) is 0 Å². The molecule has 0 spiro atoms. The summed E-state index contributed by atoms with van der Waals surface area (Å²) in [4.78, 5) is 16.2. The number of hydrogen-bond donors (Lipinski definition) is 2. The molecule has 0 unspecified atom stereocenters. The highest BCUT2D eigenvalue weighted by molar-refractivity contribution is 5.92. The molecule has 5 heteroatoms. The topological polar surface area (TPSA) is 63.2 Å². The molecule has 0 aliphatic carbocycles. The summed E-state index contributed by atoms with van der Waals surface area (Å²) in [5, 5.41) is 6.16. The molecule has 1 heterocycles. The lowest BCUT2D eigenvalue weighted by Crippen LogP contribution is -2.26. The summed E-state index contributed by atoms with van der Waals surface area (Å²) < 4.78 is 4.95. The fourth-order valence-electron chi connectivity index (χ4n) is 2.22. The Balaban J connectivity index is 1.95. The molecule has 0 radical (unpaired) electrons. The maximum absolute atomic E-state index is 11.9. The van der Waals surface area contributed by atoms with Gasteiger partial charge in [-0.05, 0) is 36.6 Å². The van der Waals surface area contributed by atoms with Crippen LogP contribution in [-0.2, 0) is 11.2 Å². The number of hydrogen-bond acceptors (Lipinski definition) is 4. The number of rotatable bonds is 8. The van der Waals surface area contributed by atoms with Crippen molar-refractivity contribution < 1.29 is 9.53 Å². The van der Waals surface area contributed by atoms with Crippen LogP contribution in [0.4, 0.5) is 11.4 Å². The van der Waals surface area contributed by atoms with Gasteiger partial charge in [-0.15, -0.1) is 0 Å². The van der Waals surface area contributed by atoms with Gasteiger partial charge in [-0.25, -0.2) is 4.98 Å². The second-order valence-corrected chi connectivity index (χ2v) is 5.17. The third-order valence-corrected chi connectivity index (χ3v) is 3.48. The monoisotopic (exact) mass is 313 g/mol.